The van der Waals surface area contributed by atoms with E-state index in [0.29, 0.717) is 38.0 Å². The number of nitrogens with zero attached hydrogens (tertiary/aromatic N) is 1. The molecule has 1 rings (SSSR count). The normalized spacial score (nSPS) is 18.9. The first kappa shape index (κ1) is 16.4. The molecule has 1 heterocycles. The van der Waals surface area contributed by atoms with Crippen molar-refractivity contribution in [2.24, 2.45) is 11.7 Å². The average Bonchev–Trinajstić information content (AvgIpc) is 2.38. The number of amides is 1. The molecular formula is C15H30N2O2. The lowest BCUT2D eigenvalue weighted by molar-refractivity contribution is -0.143. The summed E-state index contributed by atoms with van der Waals surface area (Å²) in [6.45, 7) is 10.6. The minimum Gasteiger partial charge on any atom is -0.381 e. The Morgan fingerprint density at radius 1 is 1.26 bits per heavy atom. The lowest BCUT2D eigenvalue weighted by Gasteiger charge is -2.40. The molecule has 1 aliphatic heterocycles. The van der Waals surface area contributed by atoms with E-state index in [1.807, 2.05) is 4.90 Å². The van der Waals surface area contributed by atoms with E-state index in [-0.39, 0.29) is 5.91 Å². The van der Waals surface area contributed by atoms with Gasteiger partial charge in [0, 0.05) is 25.8 Å². The molecule has 0 radical (unpaired) electrons. The van der Waals surface area contributed by atoms with Crippen LogP contribution < -0.4 is 5.73 Å². The van der Waals surface area contributed by atoms with Crippen molar-refractivity contribution in [2.75, 3.05) is 19.8 Å². The fourth-order valence-corrected chi connectivity index (χ4v) is 2.76. The molecule has 0 aromatic carbocycles. The van der Waals surface area contributed by atoms with E-state index < -0.39 is 5.54 Å². The Morgan fingerprint density at radius 3 is 2.21 bits per heavy atom. The molecule has 0 aromatic rings. The summed E-state index contributed by atoms with van der Waals surface area (Å²) in [7, 11) is 0. The maximum atomic E-state index is 12.9. The van der Waals surface area contributed by atoms with Crippen LogP contribution in [0.1, 0.15) is 53.4 Å². The quantitative estimate of drug-likeness (QED) is 0.804. The highest BCUT2D eigenvalue weighted by Crippen LogP contribution is 2.24. The van der Waals surface area contributed by atoms with Crippen LogP contribution in [0.15, 0.2) is 0 Å². The molecule has 4 nitrogen and oxygen atoms in total. The Balaban J connectivity index is 2.85. The molecule has 0 spiro atoms. The fourth-order valence-electron chi connectivity index (χ4n) is 2.76. The zero-order valence-electron chi connectivity index (χ0n) is 12.9. The van der Waals surface area contributed by atoms with Crippen LogP contribution in [0, 0.1) is 5.92 Å². The summed E-state index contributed by atoms with van der Waals surface area (Å²) in [6, 6.07) is 0.304. The van der Waals surface area contributed by atoms with Gasteiger partial charge >= 0.3 is 0 Å². The second-order valence-electron chi connectivity index (χ2n) is 6.09. The third kappa shape index (κ3) is 4.18. The molecule has 4 heteroatoms. The van der Waals surface area contributed by atoms with Crippen LogP contribution >= 0.6 is 0 Å². The molecule has 2 N–H and O–H groups in total. The lowest BCUT2D eigenvalue weighted by atomic mass is 9.88. The lowest BCUT2D eigenvalue weighted by Crippen LogP contribution is -2.60. The van der Waals surface area contributed by atoms with Crippen LogP contribution in [-0.4, -0.2) is 42.1 Å². The molecule has 1 fully saturated rings. The van der Waals surface area contributed by atoms with Crippen LogP contribution in [0.25, 0.3) is 0 Å². The van der Waals surface area contributed by atoms with Gasteiger partial charge in [0.2, 0.25) is 5.91 Å². The molecule has 19 heavy (non-hydrogen) atoms. The van der Waals surface area contributed by atoms with Gasteiger partial charge in [0.05, 0.1) is 5.54 Å². The summed E-state index contributed by atoms with van der Waals surface area (Å²) in [4.78, 5) is 14.9. The highest BCUT2D eigenvalue weighted by Gasteiger charge is 2.40. The van der Waals surface area contributed by atoms with E-state index in [4.69, 9.17) is 10.5 Å². The van der Waals surface area contributed by atoms with Gasteiger partial charge in [0.15, 0.2) is 0 Å². The number of carbonyl (C=O) groups is 1. The van der Waals surface area contributed by atoms with Crippen molar-refractivity contribution >= 4 is 5.91 Å². The predicted octanol–water partition coefficient (Wildman–Crippen LogP) is 2.17. The molecule has 112 valence electrons. The number of hydrogen-bond acceptors (Lipinski definition) is 3. The molecular weight excluding hydrogens is 240 g/mol. The van der Waals surface area contributed by atoms with E-state index in [2.05, 4.69) is 27.7 Å². The van der Waals surface area contributed by atoms with Crippen molar-refractivity contribution in [1.82, 2.24) is 4.90 Å². The van der Waals surface area contributed by atoms with Crippen molar-refractivity contribution in [3.05, 3.63) is 0 Å². The van der Waals surface area contributed by atoms with Crippen LogP contribution in [0.4, 0.5) is 0 Å². The summed E-state index contributed by atoms with van der Waals surface area (Å²) in [5.41, 5.74) is 5.64. The van der Waals surface area contributed by atoms with Gasteiger partial charge in [-0.1, -0.05) is 27.7 Å². The maximum absolute atomic E-state index is 12.9. The first-order chi connectivity index (χ1) is 8.94. The van der Waals surface area contributed by atoms with Gasteiger partial charge in [-0.05, 0) is 31.6 Å². The van der Waals surface area contributed by atoms with E-state index in [1.165, 1.54) is 0 Å². The van der Waals surface area contributed by atoms with Gasteiger partial charge in [-0.2, -0.15) is 0 Å². The third-order valence-corrected chi connectivity index (χ3v) is 4.02. The Hall–Kier alpha value is -0.610. The second kappa shape index (κ2) is 7.25. The first-order valence-corrected chi connectivity index (χ1v) is 7.62. The topological polar surface area (TPSA) is 55.6 Å². The zero-order chi connectivity index (χ0) is 14.5. The molecule has 1 aliphatic rings. The molecule has 0 aromatic heterocycles. The standard InChI is InChI=1S/C15H30N2O2/c1-5-13(6-2)17(11-12(3)4)14(18)15(16)7-9-19-10-8-15/h12-13H,5-11,16H2,1-4H3. The first-order valence-electron chi connectivity index (χ1n) is 7.62. The minimum atomic E-state index is -0.713. The summed E-state index contributed by atoms with van der Waals surface area (Å²) in [5.74, 6) is 0.589. The largest absolute Gasteiger partial charge is 0.381 e. The molecule has 1 amide bonds. The Morgan fingerprint density at radius 2 is 1.79 bits per heavy atom. The van der Waals surface area contributed by atoms with Crippen LogP contribution in [-0.2, 0) is 9.53 Å². The molecule has 0 aliphatic carbocycles. The van der Waals surface area contributed by atoms with Gasteiger partial charge in [-0.15, -0.1) is 0 Å². The number of ether oxygens (including phenoxy) is 1. The van der Waals surface area contributed by atoms with Crippen LogP contribution in [0.2, 0.25) is 0 Å². The predicted molar refractivity (Wildman–Crippen MR) is 77.9 cm³/mol. The van der Waals surface area contributed by atoms with Crippen LogP contribution in [0.5, 0.6) is 0 Å². The third-order valence-electron chi connectivity index (χ3n) is 4.02. The van der Waals surface area contributed by atoms with Gasteiger partial charge in [-0.25, -0.2) is 0 Å². The highest BCUT2D eigenvalue weighted by atomic mass is 16.5. The monoisotopic (exact) mass is 270 g/mol. The number of nitrogens with two attached hydrogens (primary N) is 1. The highest BCUT2D eigenvalue weighted by molar-refractivity contribution is 5.86. The number of hydrogen-bond donors (Lipinski definition) is 1. The smallest absolute Gasteiger partial charge is 0.243 e. The van der Waals surface area contributed by atoms with Crippen molar-refractivity contribution in [1.29, 1.82) is 0 Å². The summed E-state index contributed by atoms with van der Waals surface area (Å²) < 4.78 is 5.34. The van der Waals surface area contributed by atoms with Crippen molar-refractivity contribution < 1.29 is 9.53 Å². The Kier molecular flexibility index (Phi) is 6.27. The minimum absolute atomic E-state index is 0.123. The second-order valence-corrected chi connectivity index (χ2v) is 6.09. The van der Waals surface area contributed by atoms with Gasteiger partial charge in [-0.3, -0.25) is 4.79 Å². The van der Waals surface area contributed by atoms with Crippen molar-refractivity contribution in [2.45, 2.75) is 65.0 Å². The van der Waals surface area contributed by atoms with E-state index >= 15 is 0 Å². The molecule has 0 atom stereocenters. The van der Waals surface area contributed by atoms with Crippen molar-refractivity contribution in [3.8, 4) is 0 Å². The molecule has 0 bridgehead atoms. The molecule has 1 saturated heterocycles. The van der Waals surface area contributed by atoms with Gasteiger partial charge in [0.1, 0.15) is 0 Å². The maximum Gasteiger partial charge on any atom is 0.243 e. The van der Waals surface area contributed by atoms with Gasteiger partial charge < -0.3 is 15.4 Å². The average molecular weight is 270 g/mol. The summed E-state index contributed by atoms with van der Waals surface area (Å²) in [6.07, 6.45) is 3.25. The van der Waals surface area contributed by atoms with E-state index in [0.717, 1.165) is 19.4 Å². The number of carbonyl (C=O) groups excluding carboxylic acids is 1. The number of rotatable bonds is 6. The zero-order valence-corrected chi connectivity index (χ0v) is 12.9. The summed E-state index contributed by atoms with van der Waals surface area (Å²) in [5, 5.41) is 0. The van der Waals surface area contributed by atoms with Gasteiger partial charge in [0.25, 0.3) is 0 Å². The Bertz CT molecular complexity index is 282. The SMILES string of the molecule is CCC(CC)N(CC(C)C)C(=O)C1(N)CCOCC1. The fraction of sp³-hybridized carbons (Fsp3) is 0.933. The van der Waals surface area contributed by atoms with E-state index in [9.17, 15) is 4.79 Å². The van der Waals surface area contributed by atoms with Crippen molar-refractivity contribution in [3.63, 3.8) is 0 Å². The van der Waals surface area contributed by atoms with E-state index in [1.54, 1.807) is 0 Å². The van der Waals surface area contributed by atoms with Crippen LogP contribution in [0.3, 0.4) is 0 Å². The Labute approximate surface area is 117 Å². The molecule has 0 saturated carbocycles. The summed E-state index contributed by atoms with van der Waals surface area (Å²) >= 11 is 0. The molecule has 0 unspecified atom stereocenters.